The van der Waals surface area contributed by atoms with E-state index in [1.165, 1.54) is 5.56 Å². The number of anilines is 1. The molecule has 0 aromatic heterocycles. The number of benzene rings is 1. The summed E-state index contributed by atoms with van der Waals surface area (Å²) in [4.78, 5) is 16.0. The van der Waals surface area contributed by atoms with Gasteiger partial charge in [0, 0.05) is 39.0 Å². The number of unbranched alkanes of at least 4 members (excludes halogenated alkanes) is 1. The van der Waals surface area contributed by atoms with Crippen molar-refractivity contribution in [3.8, 4) is 0 Å². The molecule has 1 rings (SSSR count). The molecule has 0 aliphatic heterocycles. The number of aliphatic imine (C=N–C) groups is 1. The van der Waals surface area contributed by atoms with Crippen molar-refractivity contribution >= 4 is 17.7 Å². The molecule has 0 fully saturated rings. The summed E-state index contributed by atoms with van der Waals surface area (Å²) in [7, 11) is 1.77. The van der Waals surface area contributed by atoms with Crippen LogP contribution in [0.5, 0.6) is 0 Å². The molecule has 7 heteroatoms. The average molecular weight is 393 g/mol. The molecule has 0 aliphatic carbocycles. The topological polar surface area (TPSA) is 84.0 Å². The van der Waals surface area contributed by atoms with Gasteiger partial charge in [-0.3, -0.25) is 10.3 Å². The van der Waals surface area contributed by atoms with Crippen LogP contribution in [0.2, 0.25) is 0 Å². The summed E-state index contributed by atoms with van der Waals surface area (Å²) in [5, 5.41) is 9.35. The number of nitrogens with one attached hydrogen (secondary N) is 3. The van der Waals surface area contributed by atoms with E-state index in [2.05, 4.69) is 20.9 Å². The van der Waals surface area contributed by atoms with Crippen LogP contribution in [-0.4, -0.2) is 51.0 Å². The fourth-order valence-electron chi connectivity index (χ4n) is 2.40. The molecule has 0 atom stereocenters. The van der Waals surface area contributed by atoms with Gasteiger partial charge in [-0.05, 0) is 64.7 Å². The summed E-state index contributed by atoms with van der Waals surface area (Å²) in [6.07, 6.45) is 2.50. The summed E-state index contributed by atoms with van der Waals surface area (Å²) in [5.74, 6) is 0.805. The molecule has 0 saturated heterocycles. The Morgan fingerprint density at radius 2 is 1.75 bits per heavy atom. The van der Waals surface area contributed by atoms with Crippen molar-refractivity contribution in [3.63, 3.8) is 0 Å². The third kappa shape index (κ3) is 11.4. The van der Waals surface area contributed by atoms with Crippen molar-refractivity contribution in [1.82, 2.24) is 10.6 Å². The Bertz CT molecular complexity index is 595. The van der Waals surface area contributed by atoms with Crippen molar-refractivity contribution in [2.24, 2.45) is 4.99 Å². The highest BCUT2D eigenvalue weighted by Gasteiger charge is 2.16. The Labute approximate surface area is 169 Å². The Morgan fingerprint density at radius 1 is 1.07 bits per heavy atom. The first-order valence-corrected chi connectivity index (χ1v) is 9.95. The van der Waals surface area contributed by atoms with E-state index in [4.69, 9.17) is 9.47 Å². The van der Waals surface area contributed by atoms with Crippen molar-refractivity contribution in [1.29, 1.82) is 0 Å². The van der Waals surface area contributed by atoms with Gasteiger partial charge >= 0.3 is 6.09 Å². The molecular weight excluding hydrogens is 356 g/mol. The van der Waals surface area contributed by atoms with Crippen LogP contribution in [0.3, 0.4) is 0 Å². The number of amides is 1. The van der Waals surface area contributed by atoms with Crippen LogP contribution in [0.15, 0.2) is 29.3 Å². The molecule has 0 aliphatic rings. The number of hydrogen-bond donors (Lipinski definition) is 3. The number of guanidine groups is 1. The fourth-order valence-corrected chi connectivity index (χ4v) is 2.40. The van der Waals surface area contributed by atoms with Gasteiger partial charge in [0.15, 0.2) is 5.96 Å². The molecule has 0 bridgehead atoms. The predicted molar refractivity (Wildman–Crippen MR) is 115 cm³/mol. The van der Waals surface area contributed by atoms with E-state index < -0.39 is 11.7 Å². The van der Waals surface area contributed by atoms with Crippen LogP contribution in [0, 0.1) is 0 Å². The van der Waals surface area contributed by atoms with Crippen LogP contribution < -0.4 is 16.0 Å². The van der Waals surface area contributed by atoms with Gasteiger partial charge in [-0.1, -0.05) is 12.1 Å². The molecule has 0 radical (unpaired) electrons. The lowest BCUT2D eigenvalue weighted by Crippen LogP contribution is -2.38. The molecule has 1 amide bonds. The molecule has 0 unspecified atom stereocenters. The summed E-state index contributed by atoms with van der Waals surface area (Å²) in [5.41, 5.74) is 1.39. The first-order chi connectivity index (χ1) is 13.3. The number of hydrogen-bond acceptors (Lipinski definition) is 4. The molecule has 158 valence electrons. The zero-order chi connectivity index (χ0) is 20.8. The summed E-state index contributed by atoms with van der Waals surface area (Å²) in [6, 6.07) is 7.76. The maximum absolute atomic E-state index is 11.8. The zero-order valence-electron chi connectivity index (χ0n) is 17.9. The van der Waals surface area contributed by atoms with E-state index in [1.54, 1.807) is 7.05 Å². The highest BCUT2D eigenvalue weighted by molar-refractivity contribution is 5.84. The second-order valence-corrected chi connectivity index (χ2v) is 7.40. The lowest BCUT2D eigenvalue weighted by Gasteiger charge is -2.19. The monoisotopic (exact) mass is 392 g/mol. The zero-order valence-corrected chi connectivity index (χ0v) is 17.9. The second kappa shape index (κ2) is 13.0. The third-order valence-electron chi connectivity index (χ3n) is 3.74. The lowest BCUT2D eigenvalue weighted by atomic mass is 10.1. The van der Waals surface area contributed by atoms with Gasteiger partial charge in [0.25, 0.3) is 0 Å². The largest absolute Gasteiger partial charge is 0.444 e. The molecule has 1 aromatic carbocycles. The Kier molecular flexibility index (Phi) is 11.0. The number of nitrogens with zero attached hydrogens (tertiary/aromatic N) is 1. The van der Waals surface area contributed by atoms with Crippen LogP contribution in [0.25, 0.3) is 0 Å². The molecule has 1 aromatic rings. The van der Waals surface area contributed by atoms with Gasteiger partial charge in [0.05, 0.1) is 0 Å². The summed E-state index contributed by atoms with van der Waals surface area (Å²) >= 11 is 0. The van der Waals surface area contributed by atoms with E-state index in [-0.39, 0.29) is 0 Å². The SMILES string of the molecule is CCOCCCCNC(=NC)NCCc1ccc(NC(=O)OC(C)(C)C)cc1. The van der Waals surface area contributed by atoms with E-state index >= 15 is 0 Å². The highest BCUT2D eigenvalue weighted by atomic mass is 16.6. The number of carbonyl (C=O) groups excluding carboxylic acids is 1. The molecule has 3 N–H and O–H groups in total. The standard InChI is InChI=1S/C21H36N4O3/c1-6-27-16-8-7-14-23-19(22-5)24-15-13-17-9-11-18(12-10-17)25-20(26)28-21(2,3)4/h9-12H,6-8,13-16H2,1-5H3,(H,25,26)(H2,22,23,24). The first kappa shape index (κ1) is 23.8. The summed E-state index contributed by atoms with van der Waals surface area (Å²) < 4.78 is 10.6. The van der Waals surface area contributed by atoms with Crippen molar-refractivity contribution in [3.05, 3.63) is 29.8 Å². The smallest absolute Gasteiger partial charge is 0.412 e. The Hall–Kier alpha value is -2.28. The number of carbonyl (C=O) groups is 1. The first-order valence-electron chi connectivity index (χ1n) is 9.95. The van der Waals surface area contributed by atoms with E-state index in [9.17, 15) is 4.79 Å². The van der Waals surface area contributed by atoms with E-state index in [1.807, 2.05) is 52.0 Å². The van der Waals surface area contributed by atoms with Crippen LogP contribution in [-0.2, 0) is 15.9 Å². The van der Waals surface area contributed by atoms with Crippen LogP contribution in [0.4, 0.5) is 10.5 Å². The molecule has 0 spiro atoms. The maximum atomic E-state index is 11.8. The van der Waals surface area contributed by atoms with Crippen molar-refractivity contribution < 1.29 is 14.3 Å². The third-order valence-corrected chi connectivity index (χ3v) is 3.74. The van der Waals surface area contributed by atoms with Gasteiger partial charge in [0.2, 0.25) is 0 Å². The molecule has 0 saturated carbocycles. The van der Waals surface area contributed by atoms with Gasteiger partial charge in [-0.25, -0.2) is 4.79 Å². The van der Waals surface area contributed by atoms with Crippen LogP contribution >= 0.6 is 0 Å². The minimum Gasteiger partial charge on any atom is -0.444 e. The van der Waals surface area contributed by atoms with Gasteiger partial charge in [0.1, 0.15) is 5.60 Å². The predicted octanol–water partition coefficient (Wildman–Crippen LogP) is 3.56. The van der Waals surface area contributed by atoms with Crippen LogP contribution in [0.1, 0.15) is 46.1 Å². The molecule has 28 heavy (non-hydrogen) atoms. The molecular formula is C21H36N4O3. The lowest BCUT2D eigenvalue weighted by molar-refractivity contribution is 0.0636. The number of ether oxygens (including phenoxy) is 2. The van der Waals surface area contributed by atoms with Gasteiger partial charge in [-0.15, -0.1) is 0 Å². The average Bonchev–Trinajstić information content (AvgIpc) is 2.63. The Morgan fingerprint density at radius 3 is 2.36 bits per heavy atom. The minimum atomic E-state index is -0.508. The minimum absolute atomic E-state index is 0.446. The fraction of sp³-hybridized carbons (Fsp3) is 0.619. The quantitative estimate of drug-likeness (QED) is 0.322. The normalized spacial score (nSPS) is 11.8. The molecule has 0 heterocycles. The van der Waals surface area contributed by atoms with Gasteiger partial charge in [-0.2, -0.15) is 0 Å². The maximum Gasteiger partial charge on any atom is 0.412 e. The molecule has 7 nitrogen and oxygen atoms in total. The number of rotatable bonds is 10. The summed E-state index contributed by atoms with van der Waals surface area (Å²) in [6.45, 7) is 10.8. The second-order valence-electron chi connectivity index (χ2n) is 7.40. The Balaban J connectivity index is 2.28. The van der Waals surface area contributed by atoms with Gasteiger partial charge < -0.3 is 20.1 Å². The van der Waals surface area contributed by atoms with Crippen molar-refractivity contribution in [2.45, 2.75) is 52.6 Å². The van der Waals surface area contributed by atoms with E-state index in [0.29, 0.717) is 0 Å². The van der Waals surface area contributed by atoms with E-state index in [0.717, 1.165) is 57.2 Å². The van der Waals surface area contributed by atoms with Crippen molar-refractivity contribution in [2.75, 3.05) is 38.7 Å². The highest BCUT2D eigenvalue weighted by Crippen LogP contribution is 2.13.